The second-order valence-corrected chi connectivity index (χ2v) is 12.3. The molecule has 0 unspecified atom stereocenters. The SMILES string of the molecule is Cc1ccc(S(=O)(=O)CCCC(=O)Nc2cc(C)nn2-c2nc3cc4c(cc3s2)CCCC4)cc1. The van der Waals surface area contributed by atoms with E-state index in [1.165, 1.54) is 24.0 Å². The van der Waals surface area contributed by atoms with Gasteiger partial charge in [-0.3, -0.25) is 4.79 Å². The van der Waals surface area contributed by atoms with Crippen molar-refractivity contribution < 1.29 is 13.2 Å². The Kier molecular flexibility index (Phi) is 6.46. The minimum Gasteiger partial charge on any atom is -0.311 e. The van der Waals surface area contributed by atoms with Crippen molar-refractivity contribution in [2.24, 2.45) is 0 Å². The van der Waals surface area contributed by atoms with Crippen molar-refractivity contribution in [2.45, 2.75) is 57.3 Å². The van der Waals surface area contributed by atoms with Crippen LogP contribution >= 0.6 is 11.3 Å². The Morgan fingerprint density at radius 1 is 1.06 bits per heavy atom. The summed E-state index contributed by atoms with van der Waals surface area (Å²) in [5, 5.41) is 8.14. The summed E-state index contributed by atoms with van der Waals surface area (Å²) in [5.74, 6) is 0.212. The number of benzene rings is 2. The maximum atomic E-state index is 12.7. The Morgan fingerprint density at radius 3 is 2.51 bits per heavy atom. The van der Waals surface area contributed by atoms with Crippen LogP contribution in [0.4, 0.5) is 5.82 Å². The molecule has 0 saturated carbocycles. The van der Waals surface area contributed by atoms with Crippen LogP contribution in [0.25, 0.3) is 15.3 Å². The lowest BCUT2D eigenvalue weighted by Gasteiger charge is -2.14. The molecular weight excluding hydrogens is 480 g/mol. The van der Waals surface area contributed by atoms with E-state index in [2.05, 4.69) is 22.5 Å². The molecule has 1 aliphatic carbocycles. The van der Waals surface area contributed by atoms with E-state index in [4.69, 9.17) is 4.98 Å². The number of rotatable bonds is 7. The molecule has 4 aromatic rings. The minimum absolute atomic E-state index is 0.0791. The van der Waals surface area contributed by atoms with Crippen LogP contribution in [0.3, 0.4) is 0 Å². The number of nitrogens with one attached hydrogen (secondary N) is 1. The van der Waals surface area contributed by atoms with E-state index in [1.54, 1.807) is 46.4 Å². The lowest BCUT2D eigenvalue weighted by atomic mass is 9.92. The van der Waals surface area contributed by atoms with E-state index in [0.29, 0.717) is 10.9 Å². The van der Waals surface area contributed by atoms with Crippen LogP contribution in [-0.2, 0) is 27.5 Å². The van der Waals surface area contributed by atoms with Gasteiger partial charge in [0.15, 0.2) is 9.84 Å². The summed E-state index contributed by atoms with van der Waals surface area (Å²) in [5.41, 5.74) is 5.51. The number of sulfone groups is 1. The molecule has 0 spiro atoms. The Balaban J connectivity index is 1.28. The Hall–Kier alpha value is -3.04. The molecule has 7 nitrogen and oxygen atoms in total. The normalized spacial score (nSPS) is 13.7. The highest BCUT2D eigenvalue weighted by atomic mass is 32.2. The van der Waals surface area contributed by atoms with Crippen molar-refractivity contribution in [3.05, 3.63) is 64.8 Å². The van der Waals surface area contributed by atoms with Crippen LogP contribution < -0.4 is 5.32 Å². The smallest absolute Gasteiger partial charge is 0.225 e. The second-order valence-electron chi connectivity index (χ2n) is 9.16. The number of nitrogens with zero attached hydrogens (tertiary/aromatic N) is 3. The molecule has 5 rings (SSSR count). The Bertz CT molecular complexity index is 1460. The molecule has 0 radical (unpaired) electrons. The first-order valence-electron chi connectivity index (χ1n) is 11.9. The molecule has 0 saturated heterocycles. The van der Waals surface area contributed by atoms with Crippen LogP contribution in [0, 0.1) is 13.8 Å². The zero-order valence-electron chi connectivity index (χ0n) is 19.9. The standard InChI is InChI=1S/C26H28N4O3S2/c1-17-9-11-21(12-10-17)35(32,33)13-5-8-25(31)28-24-14-18(2)29-30(24)26-27-22-15-19-6-3-4-7-20(19)16-23(22)34-26/h9-12,14-16H,3-8,13H2,1-2H3,(H,28,31). The van der Waals surface area contributed by atoms with Gasteiger partial charge in [-0.25, -0.2) is 13.4 Å². The molecule has 1 N–H and O–H groups in total. The highest BCUT2D eigenvalue weighted by molar-refractivity contribution is 7.91. The number of aromatic nitrogens is 3. The van der Waals surface area contributed by atoms with Gasteiger partial charge in [0.05, 0.1) is 26.6 Å². The zero-order chi connectivity index (χ0) is 24.6. The van der Waals surface area contributed by atoms with Gasteiger partial charge in [0.2, 0.25) is 11.0 Å². The molecule has 0 atom stereocenters. The zero-order valence-corrected chi connectivity index (χ0v) is 21.5. The fourth-order valence-corrected chi connectivity index (χ4v) is 6.75. The third-order valence-electron chi connectivity index (χ3n) is 6.32. The van der Waals surface area contributed by atoms with Crippen LogP contribution in [-0.4, -0.2) is 34.8 Å². The van der Waals surface area contributed by atoms with E-state index < -0.39 is 9.84 Å². The fourth-order valence-electron chi connectivity index (χ4n) is 4.46. The van der Waals surface area contributed by atoms with Crippen LogP contribution in [0.1, 0.15) is 48.1 Å². The number of aryl methyl sites for hydroxylation is 4. The van der Waals surface area contributed by atoms with Crippen molar-refractivity contribution in [1.82, 2.24) is 14.8 Å². The number of hydrogen-bond donors (Lipinski definition) is 1. The third kappa shape index (κ3) is 5.16. The first kappa shape index (κ1) is 23.7. The van der Waals surface area contributed by atoms with Gasteiger partial charge in [0, 0.05) is 12.5 Å². The quantitative estimate of drug-likeness (QED) is 0.372. The van der Waals surface area contributed by atoms with Gasteiger partial charge in [-0.05, 0) is 81.3 Å². The second kappa shape index (κ2) is 9.54. The van der Waals surface area contributed by atoms with E-state index in [-0.39, 0.29) is 29.4 Å². The summed E-state index contributed by atoms with van der Waals surface area (Å²) in [4.78, 5) is 17.7. The maximum Gasteiger partial charge on any atom is 0.225 e. The number of fused-ring (bicyclic) bond motifs is 2. The molecule has 2 heterocycles. The van der Waals surface area contributed by atoms with Gasteiger partial charge in [0.25, 0.3) is 0 Å². The number of carbonyl (C=O) groups excluding carboxylic acids is 1. The molecule has 9 heteroatoms. The minimum atomic E-state index is -3.42. The molecule has 0 fully saturated rings. The lowest BCUT2D eigenvalue weighted by Crippen LogP contribution is -2.16. The molecule has 182 valence electrons. The fraction of sp³-hybridized carbons (Fsp3) is 0.346. The first-order valence-corrected chi connectivity index (χ1v) is 14.3. The third-order valence-corrected chi connectivity index (χ3v) is 9.13. The van der Waals surface area contributed by atoms with Crippen molar-refractivity contribution in [3.63, 3.8) is 0 Å². The molecule has 0 bridgehead atoms. The van der Waals surface area contributed by atoms with Crippen molar-refractivity contribution in [3.8, 4) is 5.13 Å². The van der Waals surface area contributed by atoms with Crippen molar-refractivity contribution >= 4 is 43.1 Å². The van der Waals surface area contributed by atoms with Gasteiger partial charge >= 0.3 is 0 Å². The topological polar surface area (TPSA) is 94.0 Å². The first-order chi connectivity index (χ1) is 16.8. The lowest BCUT2D eigenvalue weighted by molar-refractivity contribution is -0.116. The van der Waals surface area contributed by atoms with E-state index in [9.17, 15) is 13.2 Å². The molecule has 2 aromatic carbocycles. The summed E-state index contributed by atoms with van der Waals surface area (Å²) in [6, 6.07) is 13.0. The summed E-state index contributed by atoms with van der Waals surface area (Å²) in [6.45, 7) is 3.78. The molecule has 1 aliphatic rings. The van der Waals surface area contributed by atoms with E-state index in [0.717, 1.165) is 34.3 Å². The highest BCUT2D eigenvalue weighted by Gasteiger charge is 2.18. The molecule has 1 amide bonds. The van der Waals surface area contributed by atoms with E-state index in [1.807, 2.05) is 13.8 Å². The summed E-state index contributed by atoms with van der Waals surface area (Å²) in [6.07, 6.45) is 4.99. The van der Waals surface area contributed by atoms with Crippen molar-refractivity contribution in [2.75, 3.05) is 11.1 Å². The van der Waals surface area contributed by atoms with Crippen LogP contribution in [0.15, 0.2) is 47.4 Å². The average molecular weight is 509 g/mol. The molecule has 35 heavy (non-hydrogen) atoms. The number of carbonyl (C=O) groups is 1. The van der Waals surface area contributed by atoms with Gasteiger partial charge < -0.3 is 5.32 Å². The number of thiazole rings is 1. The number of hydrogen-bond acceptors (Lipinski definition) is 6. The largest absolute Gasteiger partial charge is 0.311 e. The molecule has 2 aromatic heterocycles. The van der Waals surface area contributed by atoms with Crippen LogP contribution in [0.5, 0.6) is 0 Å². The number of anilines is 1. The predicted molar refractivity (Wildman–Crippen MR) is 139 cm³/mol. The molecule has 0 aliphatic heterocycles. The van der Waals surface area contributed by atoms with Gasteiger partial charge in [-0.1, -0.05) is 29.0 Å². The van der Waals surface area contributed by atoms with E-state index >= 15 is 0 Å². The summed E-state index contributed by atoms with van der Waals surface area (Å²) < 4.78 is 27.9. The number of amides is 1. The average Bonchev–Trinajstić information content (AvgIpc) is 3.39. The summed E-state index contributed by atoms with van der Waals surface area (Å²) >= 11 is 1.56. The summed E-state index contributed by atoms with van der Waals surface area (Å²) in [7, 11) is -3.42. The predicted octanol–water partition coefficient (Wildman–Crippen LogP) is 5.17. The Morgan fingerprint density at radius 2 is 1.77 bits per heavy atom. The Labute approximate surface area is 209 Å². The highest BCUT2D eigenvalue weighted by Crippen LogP contribution is 2.32. The van der Waals surface area contributed by atoms with Crippen molar-refractivity contribution in [1.29, 1.82) is 0 Å². The maximum absolute atomic E-state index is 12.7. The molecular formula is C26H28N4O3S2. The monoisotopic (exact) mass is 508 g/mol. The van der Waals surface area contributed by atoms with Gasteiger partial charge in [0.1, 0.15) is 5.82 Å². The van der Waals surface area contributed by atoms with Gasteiger partial charge in [-0.15, -0.1) is 0 Å². The van der Waals surface area contributed by atoms with Crippen LogP contribution in [0.2, 0.25) is 0 Å². The van der Waals surface area contributed by atoms with Gasteiger partial charge in [-0.2, -0.15) is 9.78 Å².